The van der Waals surface area contributed by atoms with Crippen molar-refractivity contribution in [3.05, 3.63) is 29.8 Å². The van der Waals surface area contributed by atoms with Gasteiger partial charge in [-0.15, -0.1) is 12.4 Å². The van der Waals surface area contributed by atoms with Crippen molar-refractivity contribution in [1.82, 2.24) is 4.31 Å². The van der Waals surface area contributed by atoms with E-state index in [2.05, 4.69) is 0 Å². The van der Waals surface area contributed by atoms with Crippen molar-refractivity contribution in [2.75, 3.05) is 13.1 Å². The largest absolute Gasteiger partial charge is 0.327 e. The number of hydrogen-bond acceptors (Lipinski definition) is 3. The molecule has 1 heterocycles. The van der Waals surface area contributed by atoms with Crippen LogP contribution in [0.5, 0.6) is 0 Å². The van der Waals surface area contributed by atoms with Gasteiger partial charge in [0.1, 0.15) is 0 Å². The van der Waals surface area contributed by atoms with Crippen LogP contribution in [0.15, 0.2) is 23.1 Å². The molecule has 3 rings (SSSR count). The van der Waals surface area contributed by atoms with E-state index in [-0.39, 0.29) is 35.2 Å². The molecule has 21 heavy (non-hydrogen) atoms. The van der Waals surface area contributed by atoms with E-state index >= 15 is 0 Å². The molecule has 4 nitrogen and oxygen atoms in total. The van der Waals surface area contributed by atoms with E-state index in [1.54, 1.807) is 0 Å². The molecule has 2 fully saturated rings. The third kappa shape index (κ3) is 2.79. The van der Waals surface area contributed by atoms with Crippen LogP contribution < -0.4 is 5.73 Å². The summed E-state index contributed by atoms with van der Waals surface area (Å²) in [6.45, 7) is 0.785. The van der Waals surface area contributed by atoms with E-state index in [0.717, 1.165) is 31.0 Å². The summed E-state index contributed by atoms with van der Waals surface area (Å²) in [7, 11) is -3.77. The zero-order valence-corrected chi connectivity index (χ0v) is 12.8. The van der Waals surface area contributed by atoms with E-state index in [0.29, 0.717) is 13.1 Å². The van der Waals surface area contributed by atoms with Crippen LogP contribution in [0.1, 0.15) is 12.8 Å². The van der Waals surface area contributed by atoms with Crippen LogP contribution in [0, 0.1) is 23.5 Å². The average molecular weight is 339 g/mol. The number of nitrogens with zero attached hydrogens (tertiary/aromatic N) is 1. The van der Waals surface area contributed by atoms with Crippen LogP contribution >= 0.6 is 12.4 Å². The fraction of sp³-hybridized carbons (Fsp3) is 0.538. The Labute approximate surface area is 128 Å². The van der Waals surface area contributed by atoms with E-state index in [9.17, 15) is 17.2 Å². The van der Waals surface area contributed by atoms with Gasteiger partial charge < -0.3 is 5.73 Å². The second-order valence-electron chi connectivity index (χ2n) is 5.56. The fourth-order valence-electron chi connectivity index (χ4n) is 3.25. The maximum atomic E-state index is 13.2. The van der Waals surface area contributed by atoms with Gasteiger partial charge in [0.25, 0.3) is 0 Å². The molecule has 3 atom stereocenters. The highest BCUT2D eigenvalue weighted by Crippen LogP contribution is 2.39. The predicted molar refractivity (Wildman–Crippen MR) is 76.6 cm³/mol. The monoisotopic (exact) mass is 338 g/mol. The first-order valence-electron chi connectivity index (χ1n) is 6.60. The lowest BCUT2D eigenvalue weighted by molar-refractivity contribution is 0.426. The van der Waals surface area contributed by atoms with Crippen molar-refractivity contribution in [3.63, 3.8) is 0 Å². The van der Waals surface area contributed by atoms with Crippen LogP contribution in [0.4, 0.5) is 8.78 Å². The maximum absolute atomic E-state index is 13.2. The lowest BCUT2D eigenvalue weighted by atomic mass is 9.98. The van der Waals surface area contributed by atoms with Crippen molar-refractivity contribution in [2.45, 2.75) is 23.8 Å². The number of fused-ring (bicyclic) bond motifs is 1. The molecule has 1 aliphatic carbocycles. The summed E-state index contributed by atoms with van der Waals surface area (Å²) in [5.41, 5.74) is 5.98. The summed E-state index contributed by atoms with van der Waals surface area (Å²) in [4.78, 5) is -0.204. The van der Waals surface area contributed by atoms with Gasteiger partial charge in [0.15, 0.2) is 11.6 Å². The van der Waals surface area contributed by atoms with Crippen LogP contribution in [-0.2, 0) is 10.0 Å². The Morgan fingerprint density at radius 1 is 1.14 bits per heavy atom. The van der Waals surface area contributed by atoms with Crippen LogP contribution in [0.2, 0.25) is 0 Å². The normalized spacial score (nSPS) is 29.2. The summed E-state index contributed by atoms with van der Waals surface area (Å²) in [5.74, 6) is -1.74. The Balaban J connectivity index is 0.00000161. The summed E-state index contributed by atoms with van der Waals surface area (Å²) in [6.07, 6.45) is 1.85. The average Bonchev–Trinajstić information content (AvgIpc) is 2.96. The summed E-state index contributed by atoms with van der Waals surface area (Å²) >= 11 is 0. The minimum absolute atomic E-state index is 0. The van der Waals surface area contributed by atoms with Gasteiger partial charge in [-0.1, -0.05) is 0 Å². The Hall–Kier alpha value is -0.760. The van der Waals surface area contributed by atoms with Crippen molar-refractivity contribution >= 4 is 22.4 Å². The standard InChI is InChI=1S/C13H16F2N2O2S.ClH/c14-11-3-2-9(5-12(11)15)20(18,19)17-6-8-1-4-13(16)10(8)7-17;/h2-3,5,8,10,13H,1,4,6-7,16H2;1H. The number of hydrogen-bond donors (Lipinski definition) is 1. The fourth-order valence-corrected chi connectivity index (χ4v) is 4.80. The van der Waals surface area contributed by atoms with Crippen molar-refractivity contribution < 1.29 is 17.2 Å². The second kappa shape index (κ2) is 5.79. The van der Waals surface area contributed by atoms with Gasteiger partial charge in [-0.25, -0.2) is 17.2 Å². The first-order chi connectivity index (χ1) is 9.39. The predicted octanol–water partition coefficient (Wildman–Crippen LogP) is 1.74. The van der Waals surface area contributed by atoms with Gasteiger partial charge >= 0.3 is 0 Å². The Kier molecular flexibility index (Phi) is 4.58. The van der Waals surface area contributed by atoms with Gasteiger partial charge in [0.2, 0.25) is 10.0 Å². The highest BCUT2D eigenvalue weighted by atomic mass is 35.5. The molecule has 0 bridgehead atoms. The minimum atomic E-state index is -3.77. The molecule has 0 radical (unpaired) electrons. The van der Waals surface area contributed by atoms with Gasteiger partial charge in [-0.3, -0.25) is 0 Å². The molecule has 1 aromatic rings. The number of nitrogens with two attached hydrogens (primary N) is 1. The molecule has 3 unspecified atom stereocenters. The van der Waals surface area contributed by atoms with Crippen molar-refractivity contribution in [2.24, 2.45) is 17.6 Å². The van der Waals surface area contributed by atoms with E-state index in [1.807, 2.05) is 0 Å². The SMILES string of the molecule is Cl.NC1CCC2CN(S(=O)(=O)c3ccc(F)c(F)c3)CC12. The topological polar surface area (TPSA) is 63.4 Å². The summed E-state index contributed by atoms with van der Waals surface area (Å²) < 4.78 is 52.3. The highest BCUT2D eigenvalue weighted by molar-refractivity contribution is 7.89. The molecule has 1 aliphatic heterocycles. The van der Waals surface area contributed by atoms with Crippen LogP contribution in [0.25, 0.3) is 0 Å². The highest BCUT2D eigenvalue weighted by Gasteiger charge is 2.45. The van der Waals surface area contributed by atoms with Gasteiger partial charge in [-0.05, 0) is 42.9 Å². The Bertz CT molecular complexity index is 641. The van der Waals surface area contributed by atoms with Crippen LogP contribution in [-0.4, -0.2) is 31.9 Å². The molecule has 1 saturated heterocycles. The molecule has 118 valence electrons. The van der Waals surface area contributed by atoms with E-state index < -0.39 is 21.7 Å². The molecular weight excluding hydrogens is 322 g/mol. The van der Waals surface area contributed by atoms with Crippen LogP contribution in [0.3, 0.4) is 0 Å². The summed E-state index contributed by atoms with van der Waals surface area (Å²) in [6, 6.07) is 2.70. The molecule has 0 aromatic heterocycles. The maximum Gasteiger partial charge on any atom is 0.243 e. The van der Waals surface area contributed by atoms with Crippen molar-refractivity contribution in [1.29, 1.82) is 0 Å². The van der Waals surface area contributed by atoms with Crippen molar-refractivity contribution in [3.8, 4) is 0 Å². The molecule has 0 amide bonds. The van der Waals surface area contributed by atoms with Gasteiger partial charge in [-0.2, -0.15) is 4.31 Å². The molecule has 2 N–H and O–H groups in total. The van der Waals surface area contributed by atoms with Gasteiger partial charge in [0.05, 0.1) is 4.90 Å². The number of benzene rings is 1. The lowest BCUT2D eigenvalue weighted by Gasteiger charge is -2.18. The Morgan fingerprint density at radius 3 is 2.48 bits per heavy atom. The lowest BCUT2D eigenvalue weighted by Crippen LogP contribution is -2.33. The molecule has 1 saturated carbocycles. The third-order valence-electron chi connectivity index (χ3n) is 4.41. The number of sulfonamides is 1. The van der Waals surface area contributed by atoms with Gasteiger partial charge in [0, 0.05) is 19.1 Å². The first kappa shape index (κ1) is 16.6. The quantitative estimate of drug-likeness (QED) is 0.893. The third-order valence-corrected chi connectivity index (χ3v) is 6.24. The molecule has 8 heteroatoms. The minimum Gasteiger partial charge on any atom is -0.327 e. The smallest absolute Gasteiger partial charge is 0.243 e. The molecule has 1 aromatic carbocycles. The molecule has 2 aliphatic rings. The second-order valence-corrected chi connectivity index (χ2v) is 7.50. The van der Waals surface area contributed by atoms with E-state index in [1.165, 1.54) is 4.31 Å². The van der Waals surface area contributed by atoms with E-state index in [4.69, 9.17) is 5.73 Å². The molecular formula is C13H17ClF2N2O2S. The molecule has 0 spiro atoms. The first-order valence-corrected chi connectivity index (χ1v) is 8.04. The zero-order valence-electron chi connectivity index (χ0n) is 11.2. The zero-order chi connectivity index (χ0) is 14.5. The Morgan fingerprint density at radius 2 is 1.86 bits per heavy atom. The summed E-state index contributed by atoms with van der Waals surface area (Å²) in [5, 5.41) is 0. The number of rotatable bonds is 2. The number of halogens is 3.